The zero-order valence-corrected chi connectivity index (χ0v) is 11.9. The molecule has 1 aliphatic carbocycles. The van der Waals surface area contributed by atoms with Gasteiger partial charge in [-0.15, -0.1) is 0 Å². The molecule has 1 atom stereocenters. The van der Waals surface area contributed by atoms with Crippen molar-refractivity contribution in [3.05, 3.63) is 34.9 Å². The number of benzene rings is 1. The molecule has 0 heterocycles. The summed E-state index contributed by atoms with van der Waals surface area (Å²) in [6.07, 6.45) is 2.84. The molecule has 1 unspecified atom stereocenters. The fourth-order valence-electron chi connectivity index (χ4n) is 2.45. The molecule has 0 spiro atoms. The van der Waals surface area contributed by atoms with E-state index in [4.69, 9.17) is 16.7 Å². The third kappa shape index (κ3) is 2.93. The number of amides is 1. The molecule has 4 heteroatoms. The van der Waals surface area contributed by atoms with E-state index in [1.54, 1.807) is 0 Å². The lowest BCUT2D eigenvalue weighted by molar-refractivity contribution is -0.130. The van der Waals surface area contributed by atoms with Gasteiger partial charge in [0.2, 0.25) is 5.91 Å². The first-order valence-electron chi connectivity index (χ1n) is 6.74. The highest BCUT2D eigenvalue weighted by Gasteiger charge is 2.45. The molecule has 0 bridgehead atoms. The molecule has 19 heavy (non-hydrogen) atoms. The number of aliphatic hydroxyl groups is 1. The molecule has 0 aliphatic heterocycles. The third-order valence-electron chi connectivity index (χ3n) is 3.96. The SMILES string of the molecule is CC(CO)CNC(=O)C1(c2ccc(Cl)cc2)CCC1. The Balaban J connectivity index is 2.09. The topological polar surface area (TPSA) is 49.3 Å². The summed E-state index contributed by atoms with van der Waals surface area (Å²) in [5.41, 5.74) is 0.650. The number of halogens is 1. The molecule has 1 aromatic carbocycles. The largest absolute Gasteiger partial charge is 0.396 e. The molecule has 0 aromatic heterocycles. The number of carbonyl (C=O) groups is 1. The Kier molecular flexibility index (Phi) is 4.48. The van der Waals surface area contributed by atoms with Gasteiger partial charge in [-0.3, -0.25) is 4.79 Å². The number of nitrogens with one attached hydrogen (secondary N) is 1. The standard InChI is InChI=1S/C15H20ClNO2/c1-11(10-18)9-17-14(19)15(7-2-8-15)12-3-5-13(16)6-4-12/h3-6,11,18H,2,7-10H2,1H3,(H,17,19). The summed E-state index contributed by atoms with van der Waals surface area (Å²) < 4.78 is 0. The molecule has 0 radical (unpaired) electrons. The lowest BCUT2D eigenvalue weighted by Gasteiger charge is -2.41. The quantitative estimate of drug-likeness (QED) is 0.871. The highest BCUT2D eigenvalue weighted by atomic mass is 35.5. The number of hydrogen-bond donors (Lipinski definition) is 2. The van der Waals surface area contributed by atoms with Crippen molar-refractivity contribution in [1.82, 2.24) is 5.32 Å². The molecule has 0 saturated heterocycles. The van der Waals surface area contributed by atoms with Crippen LogP contribution >= 0.6 is 11.6 Å². The van der Waals surface area contributed by atoms with Gasteiger partial charge in [-0.25, -0.2) is 0 Å². The Morgan fingerprint density at radius 1 is 1.42 bits per heavy atom. The maximum absolute atomic E-state index is 12.4. The Hall–Kier alpha value is -1.06. The Morgan fingerprint density at radius 2 is 2.05 bits per heavy atom. The van der Waals surface area contributed by atoms with Gasteiger partial charge in [0.15, 0.2) is 0 Å². The summed E-state index contributed by atoms with van der Waals surface area (Å²) in [4.78, 5) is 12.4. The predicted octanol–water partition coefficient (Wildman–Crippen LogP) is 2.51. The average Bonchev–Trinajstić information content (AvgIpc) is 2.36. The minimum absolute atomic E-state index is 0.0707. The minimum Gasteiger partial charge on any atom is -0.396 e. The van der Waals surface area contributed by atoms with Gasteiger partial charge in [0.1, 0.15) is 0 Å². The van der Waals surface area contributed by atoms with Crippen LogP contribution in [0.2, 0.25) is 5.02 Å². The maximum atomic E-state index is 12.4. The van der Waals surface area contributed by atoms with E-state index in [9.17, 15) is 4.79 Å². The molecule has 1 aromatic rings. The normalized spacial score (nSPS) is 18.5. The number of carbonyl (C=O) groups excluding carboxylic acids is 1. The van der Waals surface area contributed by atoms with Gasteiger partial charge in [0, 0.05) is 18.2 Å². The molecular formula is C15H20ClNO2. The molecule has 1 fully saturated rings. The highest BCUT2D eigenvalue weighted by molar-refractivity contribution is 6.30. The maximum Gasteiger partial charge on any atom is 0.230 e. The van der Waals surface area contributed by atoms with E-state index in [0.717, 1.165) is 24.8 Å². The molecule has 1 amide bonds. The number of aliphatic hydroxyl groups excluding tert-OH is 1. The predicted molar refractivity (Wildman–Crippen MR) is 76.2 cm³/mol. The summed E-state index contributed by atoms with van der Waals surface area (Å²) in [5, 5.41) is 12.6. The summed E-state index contributed by atoms with van der Waals surface area (Å²) in [6, 6.07) is 7.55. The van der Waals surface area contributed by atoms with Crippen LogP contribution in [0, 0.1) is 5.92 Å². The van der Waals surface area contributed by atoms with Crippen molar-refractivity contribution in [2.75, 3.05) is 13.2 Å². The zero-order valence-electron chi connectivity index (χ0n) is 11.2. The van der Waals surface area contributed by atoms with Crippen molar-refractivity contribution >= 4 is 17.5 Å². The van der Waals surface area contributed by atoms with Gasteiger partial charge in [-0.1, -0.05) is 37.1 Å². The fourth-order valence-corrected chi connectivity index (χ4v) is 2.57. The molecule has 1 saturated carbocycles. The fraction of sp³-hybridized carbons (Fsp3) is 0.533. The van der Waals surface area contributed by atoms with Crippen LogP contribution in [-0.2, 0) is 10.2 Å². The second-order valence-corrected chi connectivity index (χ2v) is 5.88. The van der Waals surface area contributed by atoms with Gasteiger partial charge in [0.05, 0.1) is 5.41 Å². The van der Waals surface area contributed by atoms with E-state index in [-0.39, 0.29) is 23.8 Å². The summed E-state index contributed by atoms with van der Waals surface area (Å²) >= 11 is 5.90. The van der Waals surface area contributed by atoms with Crippen molar-refractivity contribution < 1.29 is 9.90 Å². The van der Waals surface area contributed by atoms with Crippen molar-refractivity contribution in [1.29, 1.82) is 0 Å². The summed E-state index contributed by atoms with van der Waals surface area (Å²) in [5.74, 6) is 0.160. The van der Waals surface area contributed by atoms with Crippen LogP contribution in [0.1, 0.15) is 31.7 Å². The van der Waals surface area contributed by atoms with Crippen molar-refractivity contribution in [3.63, 3.8) is 0 Å². The van der Waals surface area contributed by atoms with E-state index < -0.39 is 0 Å². The first-order valence-corrected chi connectivity index (χ1v) is 7.11. The van der Waals surface area contributed by atoms with Crippen LogP contribution in [0.5, 0.6) is 0 Å². The smallest absolute Gasteiger partial charge is 0.230 e. The van der Waals surface area contributed by atoms with Crippen molar-refractivity contribution in [2.24, 2.45) is 5.92 Å². The van der Waals surface area contributed by atoms with Crippen LogP contribution < -0.4 is 5.32 Å². The second kappa shape index (κ2) is 5.93. The monoisotopic (exact) mass is 281 g/mol. The first kappa shape index (κ1) is 14.4. The van der Waals surface area contributed by atoms with E-state index in [2.05, 4.69) is 5.32 Å². The Morgan fingerprint density at radius 3 is 2.53 bits per heavy atom. The lowest BCUT2D eigenvalue weighted by atomic mass is 9.64. The van der Waals surface area contributed by atoms with Gasteiger partial charge >= 0.3 is 0 Å². The van der Waals surface area contributed by atoms with E-state index in [0.29, 0.717) is 11.6 Å². The molecule has 104 valence electrons. The van der Waals surface area contributed by atoms with Crippen LogP contribution in [0.3, 0.4) is 0 Å². The minimum atomic E-state index is -0.389. The van der Waals surface area contributed by atoms with Gasteiger partial charge in [-0.05, 0) is 36.5 Å². The molecule has 1 aliphatic rings. The van der Waals surface area contributed by atoms with Gasteiger partial charge in [-0.2, -0.15) is 0 Å². The average molecular weight is 282 g/mol. The van der Waals surface area contributed by atoms with Gasteiger partial charge < -0.3 is 10.4 Å². The van der Waals surface area contributed by atoms with E-state index in [1.807, 2.05) is 31.2 Å². The van der Waals surface area contributed by atoms with Crippen molar-refractivity contribution in [3.8, 4) is 0 Å². The first-order chi connectivity index (χ1) is 9.08. The van der Waals surface area contributed by atoms with Crippen LogP contribution in [0.25, 0.3) is 0 Å². The lowest BCUT2D eigenvalue weighted by Crippen LogP contribution is -2.50. The third-order valence-corrected chi connectivity index (χ3v) is 4.21. The van der Waals surface area contributed by atoms with Crippen LogP contribution in [-0.4, -0.2) is 24.2 Å². The molecule has 2 N–H and O–H groups in total. The highest BCUT2D eigenvalue weighted by Crippen LogP contribution is 2.44. The van der Waals surface area contributed by atoms with E-state index in [1.165, 1.54) is 0 Å². The Labute approximate surface area is 119 Å². The zero-order chi connectivity index (χ0) is 13.9. The van der Waals surface area contributed by atoms with Crippen LogP contribution in [0.15, 0.2) is 24.3 Å². The molecular weight excluding hydrogens is 262 g/mol. The summed E-state index contributed by atoms with van der Waals surface area (Å²) in [7, 11) is 0. The molecule has 3 nitrogen and oxygen atoms in total. The van der Waals surface area contributed by atoms with E-state index >= 15 is 0 Å². The van der Waals surface area contributed by atoms with Crippen molar-refractivity contribution in [2.45, 2.75) is 31.6 Å². The number of hydrogen-bond acceptors (Lipinski definition) is 2. The summed E-state index contributed by atoms with van der Waals surface area (Å²) in [6.45, 7) is 2.52. The van der Waals surface area contributed by atoms with Crippen LogP contribution in [0.4, 0.5) is 0 Å². The second-order valence-electron chi connectivity index (χ2n) is 5.44. The van der Waals surface area contributed by atoms with Gasteiger partial charge in [0.25, 0.3) is 0 Å². The molecule has 2 rings (SSSR count). The number of rotatable bonds is 5. The Bertz CT molecular complexity index is 440.